The molecule has 0 atom stereocenters. The molecule has 0 saturated heterocycles. The van der Waals surface area contributed by atoms with Gasteiger partial charge in [-0.05, 0) is 42.7 Å². The zero-order valence-corrected chi connectivity index (χ0v) is 18.5. The van der Waals surface area contributed by atoms with Crippen LogP contribution in [0, 0.1) is 0 Å². The Kier molecular flexibility index (Phi) is 5.98. The van der Waals surface area contributed by atoms with E-state index in [2.05, 4.69) is 4.72 Å². The van der Waals surface area contributed by atoms with E-state index in [0.29, 0.717) is 6.54 Å². The van der Waals surface area contributed by atoms with Crippen molar-refractivity contribution in [3.05, 3.63) is 71.5 Å². The summed E-state index contributed by atoms with van der Waals surface area (Å²) in [5.74, 6) is 0.751. The molecule has 1 N–H and O–H groups in total. The summed E-state index contributed by atoms with van der Waals surface area (Å²) < 4.78 is 33.1. The summed E-state index contributed by atoms with van der Waals surface area (Å²) in [6.07, 6.45) is 5.73. The van der Waals surface area contributed by atoms with Gasteiger partial charge in [0.25, 0.3) is 0 Å². The predicted octanol–water partition coefficient (Wildman–Crippen LogP) is 4.11. The predicted molar refractivity (Wildman–Crippen MR) is 121 cm³/mol. The molecule has 1 amide bonds. The fourth-order valence-corrected chi connectivity index (χ4v) is 4.77. The number of likely N-dealkylation sites (N-methyl/N-ethyl adjacent to an activating group) is 1. The first kappa shape index (κ1) is 21.3. The lowest BCUT2D eigenvalue weighted by atomic mass is 10.1. The van der Waals surface area contributed by atoms with Crippen molar-refractivity contribution in [3.63, 3.8) is 0 Å². The van der Waals surface area contributed by atoms with E-state index in [4.69, 9.17) is 4.42 Å². The normalized spacial score (nSPS) is 14.4. The van der Waals surface area contributed by atoms with Crippen LogP contribution in [0.25, 0.3) is 17.0 Å². The maximum atomic E-state index is 12.6. The molecule has 0 spiro atoms. The largest absolute Gasteiger partial charge is 0.461 e. The number of fused-ring (bicyclic) bond motifs is 1. The molecule has 0 radical (unpaired) electrons. The highest BCUT2D eigenvalue weighted by Gasteiger charge is 2.27. The molecule has 31 heavy (non-hydrogen) atoms. The summed E-state index contributed by atoms with van der Waals surface area (Å²) >= 11 is 0. The molecule has 1 aromatic heterocycles. The lowest BCUT2D eigenvalue weighted by molar-refractivity contribution is -0.125. The topological polar surface area (TPSA) is 79.6 Å². The second-order valence-corrected chi connectivity index (χ2v) is 9.56. The molecule has 1 aliphatic rings. The van der Waals surface area contributed by atoms with E-state index in [1.807, 2.05) is 31.2 Å². The fraction of sp³-hybridized carbons (Fsp3) is 0.292. The van der Waals surface area contributed by atoms with Crippen LogP contribution >= 0.6 is 0 Å². The second-order valence-electron chi connectivity index (χ2n) is 7.85. The van der Waals surface area contributed by atoms with E-state index in [0.717, 1.165) is 47.1 Å². The van der Waals surface area contributed by atoms with Crippen molar-refractivity contribution >= 4 is 33.0 Å². The van der Waals surface area contributed by atoms with Gasteiger partial charge in [0.15, 0.2) is 0 Å². The average molecular weight is 439 g/mol. The van der Waals surface area contributed by atoms with Crippen molar-refractivity contribution in [2.24, 2.45) is 0 Å². The Balaban J connectivity index is 1.43. The first-order chi connectivity index (χ1) is 14.9. The number of nitrogens with zero attached hydrogens (tertiary/aromatic N) is 1. The average Bonchev–Trinajstić information content (AvgIpc) is 3.50. The van der Waals surface area contributed by atoms with Crippen LogP contribution in [-0.2, 0) is 27.8 Å². The summed E-state index contributed by atoms with van der Waals surface area (Å²) in [7, 11) is -1.71. The molecule has 6 nitrogen and oxygen atoms in total. The Bertz CT molecular complexity index is 1220. The summed E-state index contributed by atoms with van der Waals surface area (Å²) in [5, 5.41) is 1.03. The number of carbonyl (C=O) groups is 1. The maximum Gasteiger partial charge on any atom is 0.246 e. The molecule has 1 fully saturated rings. The lowest BCUT2D eigenvalue weighted by Crippen LogP contribution is -2.25. The van der Waals surface area contributed by atoms with E-state index in [-0.39, 0.29) is 16.8 Å². The fourth-order valence-electron chi connectivity index (χ4n) is 3.46. The highest BCUT2D eigenvalue weighted by Crippen LogP contribution is 2.27. The van der Waals surface area contributed by atoms with Crippen molar-refractivity contribution in [2.45, 2.75) is 43.7 Å². The van der Waals surface area contributed by atoms with Crippen molar-refractivity contribution in [1.29, 1.82) is 0 Å². The van der Waals surface area contributed by atoms with Crippen LogP contribution in [-0.4, -0.2) is 32.3 Å². The van der Waals surface area contributed by atoms with E-state index in [1.165, 1.54) is 6.08 Å². The second kappa shape index (κ2) is 8.69. The van der Waals surface area contributed by atoms with E-state index in [9.17, 15) is 13.2 Å². The number of aryl methyl sites for hydroxylation is 1. The highest BCUT2D eigenvalue weighted by molar-refractivity contribution is 7.89. The van der Waals surface area contributed by atoms with Crippen molar-refractivity contribution < 1.29 is 17.6 Å². The zero-order chi connectivity index (χ0) is 22.0. The van der Waals surface area contributed by atoms with Crippen LogP contribution in [0.2, 0.25) is 0 Å². The number of benzene rings is 2. The smallest absolute Gasteiger partial charge is 0.246 e. The number of rotatable bonds is 8. The van der Waals surface area contributed by atoms with Crippen LogP contribution in [0.1, 0.15) is 36.7 Å². The van der Waals surface area contributed by atoms with Crippen molar-refractivity contribution in [2.75, 3.05) is 7.05 Å². The van der Waals surface area contributed by atoms with Crippen LogP contribution in [0.15, 0.2) is 63.9 Å². The van der Waals surface area contributed by atoms with Gasteiger partial charge in [-0.1, -0.05) is 37.3 Å². The number of nitrogens with one attached hydrogen (secondary N) is 1. The molecule has 162 valence electrons. The Morgan fingerprint density at radius 1 is 1.16 bits per heavy atom. The Labute approximate surface area is 182 Å². The van der Waals surface area contributed by atoms with Gasteiger partial charge in [0.1, 0.15) is 11.3 Å². The van der Waals surface area contributed by atoms with Crippen LogP contribution < -0.4 is 4.72 Å². The van der Waals surface area contributed by atoms with Crippen LogP contribution in [0.3, 0.4) is 0 Å². The first-order valence-electron chi connectivity index (χ1n) is 10.4. The number of amides is 1. The number of furan rings is 1. The molecule has 3 aromatic rings. The Morgan fingerprint density at radius 2 is 1.87 bits per heavy atom. The van der Waals surface area contributed by atoms with Crippen molar-refractivity contribution in [3.8, 4) is 0 Å². The van der Waals surface area contributed by atoms with Gasteiger partial charge < -0.3 is 9.32 Å². The SMILES string of the molecule is CCc1oc2ccccc2c1CN(C)C(=O)/C=C/c1ccc(S(=O)(=O)NC2CC2)cc1. The Morgan fingerprint density at radius 3 is 2.55 bits per heavy atom. The lowest BCUT2D eigenvalue weighted by Gasteiger charge is -2.15. The third kappa shape index (κ3) is 4.89. The van der Waals surface area contributed by atoms with Gasteiger partial charge in [-0.3, -0.25) is 4.79 Å². The molecule has 0 bridgehead atoms. The summed E-state index contributed by atoms with van der Waals surface area (Å²) in [4.78, 5) is 14.5. The molecule has 0 aliphatic heterocycles. The number of hydrogen-bond acceptors (Lipinski definition) is 4. The quantitative estimate of drug-likeness (QED) is 0.537. The molecular weight excluding hydrogens is 412 g/mol. The minimum Gasteiger partial charge on any atom is -0.461 e. The molecular formula is C24H26N2O4S. The Hall–Kier alpha value is -2.90. The van der Waals surface area contributed by atoms with E-state index < -0.39 is 10.0 Å². The van der Waals surface area contributed by atoms with E-state index in [1.54, 1.807) is 42.3 Å². The molecule has 2 aromatic carbocycles. The monoisotopic (exact) mass is 438 g/mol. The minimum absolute atomic E-state index is 0.0679. The molecule has 0 unspecified atom stereocenters. The number of carbonyl (C=O) groups excluding carboxylic acids is 1. The molecule has 4 rings (SSSR count). The molecule has 1 saturated carbocycles. The summed E-state index contributed by atoms with van der Waals surface area (Å²) in [5.41, 5.74) is 2.62. The van der Waals surface area contributed by atoms with Crippen LogP contribution in [0.5, 0.6) is 0 Å². The van der Waals surface area contributed by atoms with Gasteiger partial charge in [-0.2, -0.15) is 0 Å². The standard InChI is InChI=1S/C24H26N2O4S/c1-3-22-21(20-6-4-5-7-23(20)30-22)16-26(2)24(27)15-10-17-8-13-19(14-9-17)31(28,29)25-18-11-12-18/h4-10,13-15,18,25H,3,11-12,16H2,1-2H3/b15-10+. The van der Waals surface area contributed by atoms with Gasteiger partial charge in [0.05, 0.1) is 4.90 Å². The maximum absolute atomic E-state index is 12.6. The van der Waals surface area contributed by atoms with Crippen LogP contribution in [0.4, 0.5) is 0 Å². The summed E-state index contributed by atoms with van der Waals surface area (Å²) in [6, 6.07) is 14.4. The molecule has 7 heteroatoms. The highest BCUT2D eigenvalue weighted by atomic mass is 32.2. The van der Waals surface area contributed by atoms with Crippen molar-refractivity contribution in [1.82, 2.24) is 9.62 Å². The first-order valence-corrected chi connectivity index (χ1v) is 11.9. The molecule has 1 aliphatic carbocycles. The van der Waals surface area contributed by atoms with Gasteiger partial charge in [-0.25, -0.2) is 13.1 Å². The van der Waals surface area contributed by atoms with Gasteiger partial charge in [0.2, 0.25) is 15.9 Å². The third-order valence-corrected chi connectivity index (χ3v) is 6.92. The minimum atomic E-state index is -3.47. The number of para-hydroxylation sites is 1. The van der Waals surface area contributed by atoms with Gasteiger partial charge >= 0.3 is 0 Å². The zero-order valence-electron chi connectivity index (χ0n) is 17.7. The summed E-state index contributed by atoms with van der Waals surface area (Å²) in [6.45, 7) is 2.49. The van der Waals surface area contributed by atoms with E-state index >= 15 is 0 Å². The molecule has 1 heterocycles. The third-order valence-electron chi connectivity index (χ3n) is 5.38. The van der Waals surface area contributed by atoms with Gasteiger partial charge in [-0.15, -0.1) is 0 Å². The van der Waals surface area contributed by atoms with Gasteiger partial charge in [0, 0.05) is 43.1 Å². The number of sulfonamides is 1. The number of hydrogen-bond donors (Lipinski definition) is 1.